The van der Waals surface area contributed by atoms with E-state index in [0.29, 0.717) is 10.2 Å². The first-order valence-electron chi connectivity index (χ1n) is 5.11. The lowest BCUT2D eigenvalue weighted by molar-refractivity contribution is -0.385. The Labute approximate surface area is 116 Å². The third kappa shape index (κ3) is 2.91. The Hall–Kier alpha value is -1.34. The van der Waals surface area contributed by atoms with Crippen LogP contribution in [-0.4, -0.2) is 14.7 Å². The average Bonchev–Trinajstić information content (AvgIpc) is 2.73. The smallest absolute Gasteiger partial charge is 0.275 e. The van der Waals surface area contributed by atoms with Gasteiger partial charge in [-0.15, -0.1) is 11.8 Å². The summed E-state index contributed by atoms with van der Waals surface area (Å²) in [6, 6.07) is 5.06. The second-order valence-corrected chi connectivity index (χ2v) is 5.49. The zero-order valence-electron chi connectivity index (χ0n) is 9.54. The van der Waals surface area contributed by atoms with E-state index in [0.717, 1.165) is 10.5 Å². The van der Waals surface area contributed by atoms with Gasteiger partial charge < -0.3 is 0 Å². The number of rotatable bonds is 4. The molecule has 7 heteroatoms. The van der Waals surface area contributed by atoms with Crippen molar-refractivity contribution in [1.29, 1.82) is 0 Å². The highest BCUT2D eigenvalue weighted by Crippen LogP contribution is 2.32. The van der Waals surface area contributed by atoms with Crippen molar-refractivity contribution < 1.29 is 4.92 Å². The first kappa shape index (κ1) is 13.1. The monoisotopic (exact) mass is 327 g/mol. The molecular formula is C11H10BrN3O2S. The van der Waals surface area contributed by atoms with Crippen molar-refractivity contribution in [2.24, 2.45) is 7.05 Å². The molecule has 0 saturated heterocycles. The molecule has 1 aromatic heterocycles. The maximum absolute atomic E-state index is 10.8. The summed E-state index contributed by atoms with van der Waals surface area (Å²) in [7, 11) is 1.85. The number of thioether (sulfide) groups is 1. The molecule has 0 spiro atoms. The van der Waals surface area contributed by atoms with Crippen molar-refractivity contribution in [3.63, 3.8) is 0 Å². The molecule has 18 heavy (non-hydrogen) atoms. The standard InChI is InChI=1S/C11H10BrN3O2S/c1-14-6-9(5-13-14)18-7-8-3-2-4-10(11(8)12)15(16)17/h2-6H,7H2,1H3. The van der Waals surface area contributed by atoms with Crippen molar-refractivity contribution in [1.82, 2.24) is 9.78 Å². The summed E-state index contributed by atoms with van der Waals surface area (Å²) < 4.78 is 2.27. The molecule has 0 unspecified atom stereocenters. The summed E-state index contributed by atoms with van der Waals surface area (Å²) >= 11 is 4.88. The Balaban J connectivity index is 2.14. The molecule has 2 rings (SSSR count). The van der Waals surface area contributed by atoms with Gasteiger partial charge in [-0.3, -0.25) is 14.8 Å². The van der Waals surface area contributed by atoms with Gasteiger partial charge in [0.15, 0.2) is 0 Å². The highest BCUT2D eigenvalue weighted by Gasteiger charge is 2.14. The molecule has 0 aliphatic carbocycles. The fraction of sp³-hybridized carbons (Fsp3) is 0.182. The quantitative estimate of drug-likeness (QED) is 0.490. The van der Waals surface area contributed by atoms with Gasteiger partial charge in [0.1, 0.15) is 0 Å². The number of nitro groups is 1. The van der Waals surface area contributed by atoms with E-state index in [2.05, 4.69) is 21.0 Å². The van der Waals surface area contributed by atoms with E-state index in [1.54, 1.807) is 28.7 Å². The summed E-state index contributed by atoms with van der Waals surface area (Å²) in [6.07, 6.45) is 3.69. The fourth-order valence-electron chi connectivity index (χ4n) is 1.45. The van der Waals surface area contributed by atoms with E-state index >= 15 is 0 Å². The molecule has 0 fully saturated rings. The van der Waals surface area contributed by atoms with Crippen molar-refractivity contribution >= 4 is 33.4 Å². The lowest BCUT2D eigenvalue weighted by Crippen LogP contribution is -1.92. The first-order valence-corrected chi connectivity index (χ1v) is 6.89. The van der Waals surface area contributed by atoms with Crippen LogP contribution in [-0.2, 0) is 12.8 Å². The van der Waals surface area contributed by atoms with Gasteiger partial charge in [-0.1, -0.05) is 12.1 Å². The van der Waals surface area contributed by atoms with Crippen LogP contribution < -0.4 is 0 Å². The number of aryl methyl sites for hydroxylation is 1. The Morgan fingerprint density at radius 1 is 1.56 bits per heavy atom. The van der Waals surface area contributed by atoms with E-state index in [9.17, 15) is 10.1 Å². The van der Waals surface area contributed by atoms with Crippen LogP contribution in [0.15, 0.2) is 40.0 Å². The predicted octanol–water partition coefficient (Wildman–Crippen LogP) is 3.38. The molecule has 1 aromatic carbocycles. The van der Waals surface area contributed by atoms with E-state index < -0.39 is 0 Å². The summed E-state index contributed by atoms with van der Waals surface area (Å²) in [5.74, 6) is 0.661. The predicted molar refractivity (Wildman–Crippen MR) is 73.6 cm³/mol. The lowest BCUT2D eigenvalue weighted by atomic mass is 10.2. The molecule has 0 atom stereocenters. The van der Waals surface area contributed by atoms with Gasteiger partial charge in [0.2, 0.25) is 0 Å². The lowest BCUT2D eigenvalue weighted by Gasteiger charge is -2.03. The molecule has 0 aliphatic heterocycles. The minimum Gasteiger partial charge on any atom is -0.275 e. The average molecular weight is 328 g/mol. The van der Waals surface area contributed by atoms with Gasteiger partial charge in [0.25, 0.3) is 5.69 Å². The largest absolute Gasteiger partial charge is 0.283 e. The summed E-state index contributed by atoms with van der Waals surface area (Å²) in [4.78, 5) is 11.5. The van der Waals surface area contributed by atoms with Gasteiger partial charge in [-0.2, -0.15) is 5.10 Å². The molecule has 0 saturated carbocycles. The Kier molecular flexibility index (Phi) is 4.03. The molecule has 94 valence electrons. The second-order valence-electron chi connectivity index (χ2n) is 3.65. The zero-order chi connectivity index (χ0) is 13.1. The molecule has 0 bridgehead atoms. The number of nitrogens with zero attached hydrogens (tertiary/aromatic N) is 3. The molecule has 0 radical (unpaired) electrons. The Bertz CT molecular complexity index is 585. The van der Waals surface area contributed by atoms with Gasteiger partial charge in [-0.25, -0.2) is 0 Å². The summed E-state index contributed by atoms with van der Waals surface area (Å²) in [6.45, 7) is 0. The van der Waals surface area contributed by atoms with Crippen LogP contribution in [0.4, 0.5) is 5.69 Å². The van der Waals surface area contributed by atoms with E-state index in [4.69, 9.17) is 0 Å². The van der Waals surface area contributed by atoms with Crippen LogP contribution in [0, 0.1) is 10.1 Å². The van der Waals surface area contributed by atoms with E-state index in [1.165, 1.54) is 6.07 Å². The van der Waals surface area contributed by atoms with Crippen LogP contribution in [0.3, 0.4) is 0 Å². The molecule has 0 aliphatic rings. The number of halogens is 1. The normalized spacial score (nSPS) is 10.6. The van der Waals surface area contributed by atoms with Crippen molar-refractivity contribution in [3.05, 3.63) is 50.7 Å². The molecule has 1 heterocycles. The SMILES string of the molecule is Cn1cc(SCc2cccc([N+](=O)[O-])c2Br)cn1. The molecule has 2 aromatic rings. The van der Waals surface area contributed by atoms with Gasteiger partial charge in [0.05, 0.1) is 15.6 Å². The Morgan fingerprint density at radius 2 is 2.33 bits per heavy atom. The topological polar surface area (TPSA) is 61.0 Å². The highest BCUT2D eigenvalue weighted by atomic mass is 79.9. The Morgan fingerprint density at radius 3 is 2.94 bits per heavy atom. The third-order valence-electron chi connectivity index (χ3n) is 2.33. The zero-order valence-corrected chi connectivity index (χ0v) is 11.9. The molecular weight excluding hydrogens is 318 g/mol. The summed E-state index contributed by atoms with van der Waals surface area (Å²) in [5, 5.41) is 14.9. The minimum atomic E-state index is -0.387. The molecule has 5 nitrogen and oxygen atoms in total. The molecule has 0 N–H and O–H groups in total. The van der Waals surface area contributed by atoms with E-state index in [-0.39, 0.29) is 10.6 Å². The van der Waals surface area contributed by atoms with Crippen molar-refractivity contribution in [2.75, 3.05) is 0 Å². The number of nitro benzene ring substituents is 1. The van der Waals surface area contributed by atoms with Gasteiger partial charge in [-0.05, 0) is 21.5 Å². The first-order chi connectivity index (χ1) is 8.58. The van der Waals surface area contributed by atoms with Gasteiger partial charge in [0, 0.05) is 30.0 Å². The number of hydrogen-bond acceptors (Lipinski definition) is 4. The number of hydrogen-bond donors (Lipinski definition) is 0. The van der Waals surface area contributed by atoms with Crippen molar-refractivity contribution in [2.45, 2.75) is 10.6 Å². The second kappa shape index (κ2) is 5.53. The van der Waals surface area contributed by atoms with Crippen molar-refractivity contribution in [3.8, 4) is 0 Å². The van der Waals surface area contributed by atoms with Crippen LogP contribution in [0.2, 0.25) is 0 Å². The summed E-state index contributed by atoms with van der Waals surface area (Å²) in [5.41, 5.74) is 0.998. The number of aromatic nitrogens is 2. The maximum atomic E-state index is 10.8. The highest BCUT2D eigenvalue weighted by molar-refractivity contribution is 9.10. The van der Waals surface area contributed by atoms with Crippen LogP contribution in [0.5, 0.6) is 0 Å². The van der Waals surface area contributed by atoms with Crippen LogP contribution in [0.1, 0.15) is 5.56 Å². The molecule has 0 amide bonds. The third-order valence-corrected chi connectivity index (χ3v) is 4.25. The maximum Gasteiger partial charge on any atom is 0.283 e. The van der Waals surface area contributed by atoms with Crippen LogP contribution >= 0.6 is 27.7 Å². The fourth-order valence-corrected chi connectivity index (χ4v) is 3.10. The number of benzene rings is 1. The van der Waals surface area contributed by atoms with E-state index in [1.807, 2.05) is 19.3 Å². The van der Waals surface area contributed by atoms with Gasteiger partial charge >= 0.3 is 0 Å². The minimum absolute atomic E-state index is 0.0966. The van der Waals surface area contributed by atoms with Crippen LogP contribution in [0.25, 0.3) is 0 Å².